The van der Waals surface area contributed by atoms with E-state index in [4.69, 9.17) is 4.55 Å². The van der Waals surface area contributed by atoms with E-state index >= 15 is 0 Å². The molecular formula is C7H8N2O5S. The molecule has 82 valence electrons. The molecule has 7 nitrogen and oxygen atoms in total. The van der Waals surface area contributed by atoms with Crippen LogP contribution in [0.3, 0.4) is 0 Å². The summed E-state index contributed by atoms with van der Waals surface area (Å²) < 4.78 is 33.8. The van der Waals surface area contributed by atoms with Gasteiger partial charge in [0.15, 0.2) is 5.78 Å². The highest BCUT2D eigenvalue weighted by atomic mass is 32.2. The second-order valence-electron chi connectivity index (χ2n) is 2.65. The quantitative estimate of drug-likeness (QED) is 0.570. The zero-order valence-electron chi connectivity index (χ0n) is 7.74. The number of aromatic nitrogens is 2. The smallest absolute Gasteiger partial charge is 0.300 e. The first-order valence-electron chi connectivity index (χ1n) is 3.81. The Hall–Kier alpha value is -1.54. The summed E-state index contributed by atoms with van der Waals surface area (Å²) in [6.45, 7) is 1.28. The minimum Gasteiger partial charge on any atom is -0.457 e. The minimum atomic E-state index is -4.27. The molecule has 1 rings (SSSR count). The molecule has 1 aromatic rings. The van der Waals surface area contributed by atoms with Gasteiger partial charge in [0.2, 0.25) is 11.8 Å². The zero-order valence-corrected chi connectivity index (χ0v) is 8.56. The maximum Gasteiger partial charge on any atom is 0.300 e. The number of ketones is 1. The van der Waals surface area contributed by atoms with Crippen LogP contribution in [0, 0.1) is 0 Å². The Morgan fingerprint density at radius 2 is 2.27 bits per heavy atom. The van der Waals surface area contributed by atoms with Crippen molar-refractivity contribution in [1.29, 1.82) is 0 Å². The normalized spacial score (nSPS) is 11.1. The lowest BCUT2D eigenvalue weighted by Gasteiger charge is -2.04. The van der Waals surface area contributed by atoms with Crippen LogP contribution in [0.15, 0.2) is 12.3 Å². The Labute approximate surface area is 85.8 Å². The van der Waals surface area contributed by atoms with Crippen LogP contribution in [-0.4, -0.2) is 34.9 Å². The van der Waals surface area contributed by atoms with Crippen molar-refractivity contribution >= 4 is 15.9 Å². The second-order valence-corrected chi connectivity index (χ2v) is 4.05. The van der Waals surface area contributed by atoms with Crippen molar-refractivity contribution in [3.8, 4) is 5.88 Å². The molecule has 0 saturated carbocycles. The molecule has 0 aromatic carbocycles. The molecule has 0 amide bonds. The van der Waals surface area contributed by atoms with Gasteiger partial charge in [-0.15, -0.1) is 5.10 Å². The average molecular weight is 232 g/mol. The van der Waals surface area contributed by atoms with E-state index in [1.54, 1.807) is 0 Å². The van der Waals surface area contributed by atoms with Crippen LogP contribution in [0.5, 0.6) is 5.88 Å². The maximum atomic E-state index is 11.0. The van der Waals surface area contributed by atoms with Crippen molar-refractivity contribution in [1.82, 2.24) is 10.2 Å². The van der Waals surface area contributed by atoms with E-state index in [9.17, 15) is 13.2 Å². The summed E-state index contributed by atoms with van der Waals surface area (Å²) in [5.74, 6) is -1.52. The highest BCUT2D eigenvalue weighted by Crippen LogP contribution is 2.13. The van der Waals surface area contributed by atoms with Gasteiger partial charge in [0.25, 0.3) is 0 Å². The fourth-order valence-corrected chi connectivity index (χ4v) is 1.08. The molecule has 0 aliphatic carbocycles. The number of ether oxygens (including phenoxy) is 1. The summed E-state index contributed by atoms with van der Waals surface area (Å²) in [5, 5.41) is 6.86. The molecule has 0 aliphatic rings. The SMILES string of the molecule is CC(=O)c1ccnnc1OCS(=O)(=O)O. The number of nitrogens with zero attached hydrogens (tertiary/aromatic N) is 2. The van der Waals surface area contributed by atoms with Crippen molar-refractivity contribution in [2.45, 2.75) is 6.92 Å². The van der Waals surface area contributed by atoms with Crippen molar-refractivity contribution in [2.24, 2.45) is 0 Å². The largest absolute Gasteiger partial charge is 0.457 e. The van der Waals surface area contributed by atoms with Crippen LogP contribution < -0.4 is 4.74 Å². The third-order valence-electron chi connectivity index (χ3n) is 1.41. The van der Waals surface area contributed by atoms with Crippen LogP contribution in [0.2, 0.25) is 0 Å². The third kappa shape index (κ3) is 3.60. The third-order valence-corrected chi connectivity index (χ3v) is 1.83. The molecule has 0 atom stereocenters. The van der Waals surface area contributed by atoms with Gasteiger partial charge in [-0.05, 0) is 13.0 Å². The highest BCUT2D eigenvalue weighted by molar-refractivity contribution is 7.85. The van der Waals surface area contributed by atoms with Gasteiger partial charge >= 0.3 is 10.1 Å². The van der Waals surface area contributed by atoms with Gasteiger partial charge in [0.1, 0.15) is 0 Å². The van der Waals surface area contributed by atoms with Crippen LogP contribution in [-0.2, 0) is 10.1 Å². The first-order chi connectivity index (χ1) is 6.90. The van der Waals surface area contributed by atoms with E-state index in [0.29, 0.717) is 0 Å². The van der Waals surface area contributed by atoms with E-state index in [-0.39, 0.29) is 17.2 Å². The number of hydrogen-bond donors (Lipinski definition) is 1. The molecule has 0 aliphatic heterocycles. The van der Waals surface area contributed by atoms with E-state index in [0.717, 1.165) is 0 Å². The Bertz CT molecular complexity index is 470. The Morgan fingerprint density at radius 3 is 2.80 bits per heavy atom. The van der Waals surface area contributed by atoms with E-state index < -0.39 is 16.1 Å². The van der Waals surface area contributed by atoms with Gasteiger partial charge in [0.05, 0.1) is 11.8 Å². The number of carbonyl (C=O) groups is 1. The van der Waals surface area contributed by atoms with Gasteiger partial charge in [-0.3, -0.25) is 9.35 Å². The van der Waals surface area contributed by atoms with Crippen LogP contribution >= 0.6 is 0 Å². The molecule has 0 unspecified atom stereocenters. The van der Waals surface area contributed by atoms with Crippen LogP contribution in [0.1, 0.15) is 17.3 Å². The fraction of sp³-hybridized carbons (Fsp3) is 0.286. The second kappa shape index (κ2) is 4.32. The van der Waals surface area contributed by atoms with Crippen molar-refractivity contribution in [3.05, 3.63) is 17.8 Å². The molecule has 0 radical (unpaired) electrons. The molecule has 0 spiro atoms. The Balaban J connectivity index is 2.90. The fourth-order valence-electron chi connectivity index (χ4n) is 0.824. The first-order valence-corrected chi connectivity index (χ1v) is 5.41. The minimum absolute atomic E-state index is 0.105. The Kier molecular flexibility index (Phi) is 3.32. The summed E-state index contributed by atoms with van der Waals surface area (Å²) in [7, 11) is -4.27. The summed E-state index contributed by atoms with van der Waals surface area (Å²) >= 11 is 0. The van der Waals surface area contributed by atoms with E-state index in [2.05, 4.69) is 14.9 Å². The molecular weight excluding hydrogens is 224 g/mol. The van der Waals surface area contributed by atoms with Gasteiger partial charge in [-0.2, -0.15) is 13.5 Å². The van der Waals surface area contributed by atoms with Crippen LogP contribution in [0.4, 0.5) is 0 Å². The topological polar surface area (TPSA) is 106 Å². The number of hydrogen-bond acceptors (Lipinski definition) is 6. The van der Waals surface area contributed by atoms with Crippen molar-refractivity contribution in [3.63, 3.8) is 0 Å². The van der Waals surface area contributed by atoms with Crippen molar-refractivity contribution in [2.75, 3.05) is 5.94 Å². The lowest BCUT2D eigenvalue weighted by molar-refractivity contribution is 0.101. The average Bonchev–Trinajstić information content (AvgIpc) is 2.14. The van der Waals surface area contributed by atoms with Gasteiger partial charge < -0.3 is 4.74 Å². The van der Waals surface area contributed by atoms with Gasteiger partial charge in [-0.25, -0.2) is 0 Å². The molecule has 0 saturated heterocycles. The lowest BCUT2D eigenvalue weighted by atomic mass is 10.2. The Morgan fingerprint density at radius 1 is 1.60 bits per heavy atom. The lowest BCUT2D eigenvalue weighted by Crippen LogP contribution is -2.13. The number of carbonyl (C=O) groups excluding carboxylic acids is 1. The monoisotopic (exact) mass is 232 g/mol. The summed E-state index contributed by atoms with van der Waals surface area (Å²) in [4.78, 5) is 11.0. The van der Waals surface area contributed by atoms with Crippen LogP contribution in [0.25, 0.3) is 0 Å². The van der Waals surface area contributed by atoms with E-state index in [1.165, 1.54) is 19.2 Å². The summed E-state index contributed by atoms with van der Waals surface area (Å²) in [6.07, 6.45) is 1.27. The molecule has 0 fully saturated rings. The number of rotatable bonds is 4. The zero-order chi connectivity index (χ0) is 11.5. The number of Topliss-reactive ketones (excluding diaryl/α,β-unsaturated/α-hetero) is 1. The standard InChI is InChI=1S/C7H8N2O5S/c1-5(10)6-2-3-8-9-7(6)14-4-15(11,12)13/h2-3H,4H2,1H3,(H,11,12,13). The van der Waals surface area contributed by atoms with Gasteiger partial charge in [0, 0.05) is 0 Å². The molecule has 0 bridgehead atoms. The maximum absolute atomic E-state index is 11.0. The predicted octanol–water partition coefficient (Wildman–Crippen LogP) is -0.0967. The molecule has 1 aromatic heterocycles. The first kappa shape index (κ1) is 11.5. The highest BCUT2D eigenvalue weighted by Gasteiger charge is 2.13. The predicted molar refractivity (Wildman–Crippen MR) is 49.1 cm³/mol. The molecule has 15 heavy (non-hydrogen) atoms. The molecule has 1 N–H and O–H groups in total. The van der Waals surface area contributed by atoms with Crippen molar-refractivity contribution < 1.29 is 22.5 Å². The van der Waals surface area contributed by atoms with E-state index in [1.807, 2.05) is 0 Å². The summed E-state index contributed by atoms with van der Waals surface area (Å²) in [6, 6.07) is 1.34. The van der Waals surface area contributed by atoms with Gasteiger partial charge in [-0.1, -0.05) is 0 Å². The molecule has 1 heterocycles. The summed E-state index contributed by atoms with van der Waals surface area (Å²) in [5.41, 5.74) is 0.105. The molecule has 8 heteroatoms.